The zero-order valence-electron chi connectivity index (χ0n) is 18.5. The largest absolute Gasteiger partial charge is 0.322 e. The van der Waals surface area contributed by atoms with Gasteiger partial charge in [-0.1, -0.05) is 18.2 Å². The van der Waals surface area contributed by atoms with Crippen LogP contribution in [0.1, 0.15) is 17.3 Å². The molecule has 0 saturated carbocycles. The van der Waals surface area contributed by atoms with Gasteiger partial charge >= 0.3 is 0 Å². The number of pyridine rings is 1. The van der Waals surface area contributed by atoms with Crippen molar-refractivity contribution in [2.45, 2.75) is 18.4 Å². The third kappa shape index (κ3) is 4.77. The molecule has 0 aliphatic carbocycles. The maximum atomic E-state index is 13.3. The molecule has 3 aromatic heterocycles. The van der Waals surface area contributed by atoms with E-state index < -0.39 is 10.0 Å². The third-order valence-corrected chi connectivity index (χ3v) is 7.46. The summed E-state index contributed by atoms with van der Waals surface area (Å²) in [4.78, 5) is 22.0. The quantitative estimate of drug-likeness (QED) is 0.334. The molecule has 11 heteroatoms. The van der Waals surface area contributed by atoms with E-state index in [0.717, 1.165) is 12.1 Å². The summed E-state index contributed by atoms with van der Waals surface area (Å²) in [6, 6.07) is 15.1. The van der Waals surface area contributed by atoms with Gasteiger partial charge in [-0.15, -0.1) is 11.3 Å². The first-order valence-corrected chi connectivity index (χ1v) is 13.1. The Balaban J connectivity index is 1.42. The molecule has 2 aromatic carbocycles. The molecule has 0 radical (unpaired) electrons. The number of anilines is 2. The first kappa shape index (κ1) is 22.7. The number of nitrogens with zero attached hydrogens (tertiary/aromatic N) is 4. The van der Waals surface area contributed by atoms with Crippen LogP contribution in [0.2, 0.25) is 0 Å². The lowest BCUT2D eigenvalue weighted by molar-refractivity contribution is 0.102. The lowest BCUT2D eigenvalue weighted by Crippen LogP contribution is -2.14. The van der Waals surface area contributed by atoms with E-state index >= 15 is 0 Å². The zero-order valence-corrected chi connectivity index (χ0v) is 20.2. The smallest absolute Gasteiger partial charge is 0.263 e. The van der Waals surface area contributed by atoms with Gasteiger partial charge in [0, 0.05) is 41.0 Å². The van der Waals surface area contributed by atoms with E-state index in [4.69, 9.17) is 4.98 Å². The Morgan fingerprint density at radius 1 is 1.11 bits per heavy atom. The Kier molecular flexibility index (Phi) is 6.01. The van der Waals surface area contributed by atoms with Gasteiger partial charge in [0.2, 0.25) is 0 Å². The first-order chi connectivity index (χ1) is 16.9. The maximum Gasteiger partial charge on any atom is 0.263 e. The summed E-state index contributed by atoms with van der Waals surface area (Å²) < 4.78 is 29.3. The third-order valence-electron chi connectivity index (χ3n) is 5.29. The molecule has 0 aliphatic heterocycles. The number of amides is 1. The number of carbonyl (C=O) groups excluding carboxylic acids is 1. The molecule has 5 rings (SSSR count). The Hall–Kier alpha value is -4.09. The van der Waals surface area contributed by atoms with Crippen LogP contribution in [0.25, 0.3) is 22.2 Å². The number of thiazole rings is 1. The molecule has 5 aromatic rings. The van der Waals surface area contributed by atoms with Crippen LogP contribution in [0.3, 0.4) is 0 Å². The van der Waals surface area contributed by atoms with Crippen molar-refractivity contribution >= 4 is 49.0 Å². The van der Waals surface area contributed by atoms with Crippen molar-refractivity contribution in [1.82, 2.24) is 19.7 Å². The average Bonchev–Trinajstić information content (AvgIpc) is 3.55. The van der Waals surface area contributed by atoms with Crippen LogP contribution < -0.4 is 10.0 Å². The summed E-state index contributed by atoms with van der Waals surface area (Å²) >= 11 is 1.19. The summed E-state index contributed by atoms with van der Waals surface area (Å²) in [7, 11) is -3.78. The molecule has 0 spiro atoms. The van der Waals surface area contributed by atoms with E-state index in [9.17, 15) is 13.2 Å². The lowest BCUT2D eigenvalue weighted by Gasteiger charge is -2.11. The summed E-state index contributed by atoms with van der Waals surface area (Å²) in [5, 5.41) is 9.84. The molecule has 2 N–H and O–H groups in total. The number of para-hydroxylation sites is 1. The maximum absolute atomic E-state index is 13.3. The van der Waals surface area contributed by atoms with Crippen LogP contribution in [0.5, 0.6) is 0 Å². The molecule has 9 nitrogen and oxygen atoms in total. The number of aromatic nitrogens is 4. The molecule has 0 aliphatic rings. The fraction of sp³-hybridized carbons (Fsp3) is 0.0833. The molecule has 35 heavy (non-hydrogen) atoms. The van der Waals surface area contributed by atoms with Gasteiger partial charge in [-0.2, -0.15) is 5.10 Å². The van der Waals surface area contributed by atoms with Gasteiger partial charge in [0.1, 0.15) is 0 Å². The van der Waals surface area contributed by atoms with E-state index in [1.54, 1.807) is 34.5 Å². The SMILES string of the molecule is CCn1cc(-c2cc(C(=O)Nc3ccc(S(=O)(=O)Nc4nccs4)cc3)c3ccccc3n2)cn1. The predicted octanol–water partition coefficient (Wildman–Crippen LogP) is 4.63. The molecule has 0 fully saturated rings. The second-order valence-corrected chi connectivity index (χ2v) is 10.2. The van der Waals surface area contributed by atoms with Crippen LogP contribution in [0, 0.1) is 0 Å². The van der Waals surface area contributed by atoms with Crippen molar-refractivity contribution in [2.24, 2.45) is 0 Å². The van der Waals surface area contributed by atoms with Crippen LogP contribution in [0.4, 0.5) is 10.8 Å². The number of sulfonamides is 1. The van der Waals surface area contributed by atoms with Crippen molar-refractivity contribution in [3.63, 3.8) is 0 Å². The number of benzene rings is 2. The minimum atomic E-state index is -3.78. The van der Waals surface area contributed by atoms with Crippen molar-refractivity contribution in [1.29, 1.82) is 0 Å². The predicted molar refractivity (Wildman–Crippen MR) is 136 cm³/mol. The van der Waals surface area contributed by atoms with Crippen molar-refractivity contribution in [3.05, 3.63) is 84.1 Å². The highest BCUT2D eigenvalue weighted by molar-refractivity contribution is 7.93. The molecule has 0 unspecified atom stereocenters. The minimum Gasteiger partial charge on any atom is -0.322 e. The summed E-state index contributed by atoms with van der Waals surface area (Å²) in [5.74, 6) is -0.329. The number of aryl methyl sites for hydroxylation is 1. The average molecular weight is 505 g/mol. The Bertz CT molecular complexity index is 1610. The van der Waals surface area contributed by atoms with Crippen LogP contribution >= 0.6 is 11.3 Å². The Morgan fingerprint density at radius 3 is 2.63 bits per heavy atom. The van der Waals surface area contributed by atoms with E-state index in [2.05, 4.69) is 20.1 Å². The molecule has 3 heterocycles. The Labute approximate surface area is 205 Å². The number of carbonyl (C=O) groups is 1. The highest BCUT2D eigenvalue weighted by Gasteiger charge is 2.17. The summed E-state index contributed by atoms with van der Waals surface area (Å²) in [6.07, 6.45) is 5.13. The molecular weight excluding hydrogens is 484 g/mol. The van der Waals surface area contributed by atoms with Crippen molar-refractivity contribution < 1.29 is 13.2 Å². The van der Waals surface area contributed by atoms with Gasteiger partial charge in [-0.25, -0.2) is 18.4 Å². The topological polar surface area (TPSA) is 119 Å². The molecule has 176 valence electrons. The number of hydrogen-bond donors (Lipinski definition) is 2. The van der Waals surface area contributed by atoms with E-state index in [1.807, 2.05) is 37.4 Å². The second kappa shape index (κ2) is 9.28. The van der Waals surface area contributed by atoms with Gasteiger partial charge in [0.15, 0.2) is 5.13 Å². The highest BCUT2D eigenvalue weighted by atomic mass is 32.2. The molecular formula is C24H20N6O3S2. The number of nitrogens with one attached hydrogen (secondary N) is 2. The van der Waals surface area contributed by atoms with Crippen LogP contribution in [0.15, 0.2) is 83.5 Å². The fourth-order valence-electron chi connectivity index (χ4n) is 3.54. The monoisotopic (exact) mass is 504 g/mol. The summed E-state index contributed by atoms with van der Waals surface area (Å²) in [5.41, 5.74) is 3.06. The molecule has 0 atom stereocenters. The van der Waals surface area contributed by atoms with Crippen LogP contribution in [-0.4, -0.2) is 34.1 Å². The number of rotatable bonds is 7. The first-order valence-electron chi connectivity index (χ1n) is 10.7. The van der Waals surface area contributed by atoms with Gasteiger partial charge < -0.3 is 5.32 Å². The van der Waals surface area contributed by atoms with Gasteiger partial charge in [0.25, 0.3) is 15.9 Å². The van der Waals surface area contributed by atoms with Gasteiger partial charge in [-0.05, 0) is 43.3 Å². The normalized spacial score (nSPS) is 11.5. The standard InChI is InChI=1S/C24H20N6O3S2/c1-2-30-15-16(14-26-30)22-13-20(19-5-3-4-6-21(19)28-22)23(31)27-17-7-9-18(10-8-17)35(32,33)29-24-25-11-12-34-24/h3-15H,2H2,1H3,(H,25,29)(H,27,31). The van der Waals surface area contributed by atoms with Crippen LogP contribution in [-0.2, 0) is 16.6 Å². The van der Waals surface area contributed by atoms with Crippen molar-refractivity contribution in [2.75, 3.05) is 10.0 Å². The second-order valence-electron chi connectivity index (χ2n) is 7.58. The lowest BCUT2D eigenvalue weighted by atomic mass is 10.0. The van der Waals surface area contributed by atoms with Gasteiger partial charge in [0.05, 0.1) is 27.9 Å². The molecule has 0 saturated heterocycles. The number of fused-ring (bicyclic) bond motifs is 1. The van der Waals surface area contributed by atoms with E-state index in [-0.39, 0.29) is 15.9 Å². The zero-order chi connectivity index (χ0) is 24.4. The van der Waals surface area contributed by atoms with Gasteiger partial charge in [-0.3, -0.25) is 14.2 Å². The van der Waals surface area contributed by atoms with E-state index in [0.29, 0.717) is 27.8 Å². The molecule has 1 amide bonds. The fourth-order valence-corrected chi connectivity index (χ4v) is 5.33. The summed E-state index contributed by atoms with van der Waals surface area (Å²) in [6.45, 7) is 2.72. The number of hydrogen-bond acceptors (Lipinski definition) is 7. The highest BCUT2D eigenvalue weighted by Crippen LogP contribution is 2.26. The molecule has 0 bridgehead atoms. The van der Waals surface area contributed by atoms with E-state index in [1.165, 1.54) is 29.7 Å². The van der Waals surface area contributed by atoms with Crippen molar-refractivity contribution in [3.8, 4) is 11.3 Å². The Morgan fingerprint density at radius 2 is 1.91 bits per heavy atom. The minimum absolute atomic E-state index is 0.0651.